The molecule has 4 rings (SSSR count). The number of nitrogens with one attached hydrogen (secondary N) is 1. The van der Waals surface area contributed by atoms with E-state index in [9.17, 15) is 4.79 Å². The van der Waals surface area contributed by atoms with Crippen molar-refractivity contribution in [2.45, 2.75) is 13.3 Å². The molecule has 1 aromatic carbocycles. The number of fused-ring (bicyclic) bond motifs is 1. The maximum atomic E-state index is 12.5. The van der Waals surface area contributed by atoms with Crippen molar-refractivity contribution in [3.8, 4) is 11.1 Å². The molecule has 0 amide bonds. The summed E-state index contributed by atoms with van der Waals surface area (Å²) >= 11 is 7.63. The van der Waals surface area contributed by atoms with Gasteiger partial charge >= 0.3 is 0 Å². The Morgan fingerprint density at radius 2 is 2.04 bits per heavy atom. The van der Waals surface area contributed by atoms with Gasteiger partial charge < -0.3 is 0 Å². The molecule has 1 N–H and O–H groups in total. The number of thiophene rings is 1. The number of hydrogen-bond donors (Lipinski definition) is 1. The first-order valence-electron chi connectivity index (χ1n) is 7.50. The molecule has 0 radical (unpaired) electrons. The first-order valence-corrected chi connectivity index (χ1v) is 8.82. The summed E-state index contributed by atoms with van der Waals surface area (Å²) < 4.78 is 1.50. The fourth-order valence-electron chi connectivity index (χ4n) is 2.85. The Kier molecular flexibility index (Phi) is 3.75. The standard InChI is InChI=1S/C18H14ClN3OS/c1-11-17(13-2-4-14(19)5-3-13)18-20-15(8-12-6-7-24-10-12)9-16(23)22(18)21-11/h2-7,9-10,21H,8H2,1H3. The minimum atomic E-state index is -0.103. The average Bonchev–Trinajstić information content (AvgIpc) is 3.16. The van der Waals surface area contributed by atoms with Crippen LogP contribution in [0.5, 0.6) is 0 Å². The molecule has 4 aromatic rings. The summed E-state index contributed by atoms with van der Waals surface area (Å²) in [5.74, 6) is 0. The maximum absolute atomic E-state index is 12.5. The number of nitrogens with zero attached hydrogens (tertiary/aromatic N) is 2. The SMILES string of the molecule is Cc1[nH]n2c(=O)cc(Cc3ccsc3)nc2c1-c1ccc(Cl)cc1. The number of aromatic amines is 1. The van der Waals surface area contributed by atoms with Crippen LogP contribution in [0.1, 0.15) is 17.0 Å². The third-order valence-corrected chi connectivity index (χ3v) is 4.93. The zero-order valence-corrected chi connectivity index (χ0v) is 14.5. The largest absolute Gasteiger partial charge is 0.293 e. The molecule has 0 bridgehead atoms. The van der Waals surface area contributed by atoms with Crippen LogP contribution in [0.4, 0.5) is 0 Å². The van der Waals surface area contributed by atoms with Crippen LogP contribution < -0.4 is 5.56 Å². The van der Waals surface area contributed by atoms with Gasteiger partial charge in [-0.25, -0.2) is 9.50 Å². The molecule has 0 spiro atoms. The average molecular weight is 356 g/mol. The second kappa shape index (κ2) is 5.92. The zero-order valence-electron chi connectivity index (χ0n) is 12.9. The summed E-state index contributed by atoms with van der Waals surface area (Å²) in [7, 11) is 0. The normalized spacial score (nSPS) is 11.2. The fraction of sp³-hybridized carbons (Fsp3) is 0.111. The van der Waals surface area contributed by atoms with Gasteiger partial charge in [-0.2, -0.15) is 11.3 Å². The highest BCUT2D eigenvalue weighted by molar-refractivity contribution is 7.07. The molecule has 3 heterocycles. The predicted octanol–water partition coefficient (Wildman–Crippen LogP) is 4.30. The van der Waals surface area contributed by atoms with Gasteiger partial charge in [-0.1, -0.05) is 23.7 Å². The molecule has 24 heavy (non-hydrogen) atoms. The molecule has 0 aliphatic rings. The van der Waals surface area contributed by atoms with Gasteiger partial charge in [0.1, 0.15) is 0 Å². The molecule has 4 nitrogen and oxygen atoms in total. The van der Waals surface area contributed by atoms with Crippen LogP contribution in [0.2, 0.25) is 5.02 Å². The van der Waals surface area contributed by atoms with Crippen LogP contribution in [0.15, 0.2) is 52.0 Å². The van der Waals surface area contributed by atoms with E-state index >= 15 is 0 Å². The van der Waals surface area contributed by atoms with Crippen molar-refractivity contribution in [2.24, 2.45) is 0 Å². The molecular weight excluding hydrogens is 342 g/mol. The number of H-pyrrole nitrogens is 1. The van der Waals surface area contributed by atoms with Gasteiger partial charge in [-0.15, -0.1) is 0 Å². The van der Waals surface area contributed by atoms with Gasteiger partial charge in [-0.3, -0.25) is 9.89 Å². The van der Waals surface area contributed by atoms with E-state index in [0.717, 1.165) is 28.1 Å². The highest BCUT2D eigenvalue weighted by atomic mass is 35.5. The highest BCUT2D eigenvalue weighted by Crippen LogP contribution is 2.27. The summed E-state index contributed by atoms with van der Waals surface area (Å²) in [6.45, 7) is 1.94. The van der Waals surface area contributed by atoms with Crippen molar-refractivity contribution < 1.29 is 0 Å². The van der Waals surface area contributed by atoms with Gasteiger partial charge in [0, 0.05) is 28.8 Å². The molecule has 0 saturated heterocycles. The second-order valence-corrected chi connectivity index (χ2v) is 6.89. The molecule has 0 aliphatic heterocycles. The lowest BCUT2D eigenvalue weighted by Gasteiger charge is -2.03. The van der Waals surface area contributed by atoms with Gasteiger partial charge in [0.15, 0.2) is 5.65 Å². The minimum Gasteiger partial charge on any atom is -0.293 e. The Morgan fingerprint density at radius 3 is 2.75 bits per heavy atom. The quantitative estimate of drug-likeness (QED) is 0.595. The first kappa shape index (κ1) is 15.2. The van der Waals surface area contributed by atoms with Gasteiger partial charge in [0.05, 0.1) is 5.69 Å². The minimum absolute atomic E-state index is 0.103. The topological polar surface area (TPSA) is 50.2 Å². The summed E-state index contributed by atoms with van der Waals surface area (Å²) in [4.78, 5) is 17.2. The summed E-state index contributed by atoms with van der Waals surface area (Å²) in [6, 6.07) is 11.2. The molecule has 0 unspecified atom stereocenters. The van der Waals surface area contributed by atoms with E-state index in [-0.39, 0.29) is 5.56 Å². The molecule has 120 valence electrons. The Bertz CT molecular complexity index is 1060. The van der Waals surface area contributed by atoms with Crippen LogP contribution in [0, 0.1) is 6.92 Å². The van der Waals surface area contributed by atoms with Crippen LogP contribution >= 0.6 is 22.9 Å². The number of halogens is 1. The van der Waals surface area contributed by atoms with E-state index in [2.05, 4.69) is 16.5 Å². The van der Waals surface area contributed by atoms with Crippen molar-refractivity contribution in [3.63, 3.8) is 0 Å². The summed E-state index contributed by atoms with van der Waals surface area (Å²) in [6.07, 6.45) is 0.652. The maximum Gasteiger partial charge on any atom is 0.272 e. The smallest absolute Gasteiger partial charge is 0.272 e. The first-order chi connectivity index (χ1) is 11.6. The highest BCUT2D eigenvalue weighted by Gasteiger charge is 2.15. The molecule has 3 aromatic heterocycles. The lowest BCUT2D eigenvalue weighted by Crippen LogP contribution is -2.15. The fourth-order valence-corrected chi connectivity index (χ4v) is 3.65. The van der Waals surface area contributed by atoms with Crippen molar-refractivity contribution in [1.29, 1.82) is 0 Å². The van der Waals surface area contributed by atoms with Crippen LogP contribution in [0.25, 0.3) is 16.8 Å². The van der Waals surface area contributed by atoms with E-state index in [1.54, 1.807) is 17.4 Å². The molecule has 0 saturated carbocycles. The monoisotopic (exact) mass is 355 g/mol. The third kappa shape index (κ3) is 2.66. The van der Waals surface area contributed by atoms with Crippen molar-refractivity contribution in [3.05, 3.63) is 79.5 Å². The molecular formula is C18H14ClN3OS. The summed E-state index contributed by atoms with van der Waals surface area (Å²) in [5, 5.41) is 7.89. The van der Waals surface area contributed by atoms with Crippen LogP contribution in [-0.2, 0) is 6.42 Å². The lowest BCUT2D eigenvalue weighted by atomic mass is 10.1. The number of aromatic nitrogens is 3. The van der Waals surface area contributed by atoms with Crippen molar-refractivity contribution >= 4 is 28.6 Å². The predicted molar refractivity (Wildman–Crippen MR) is 98.1 cm³/mol. The Hall–Kier alpha value is -2.37. The van der Waals surface area contributed by atoms with Crippen LogP contribution in [-0.4, -0.2) is 14.6 Å². The van der Waals surface area contributed by atoms with E-state index < -0.39 is 0 Å². The zero-order chi connectivity index (χ0) is 16.7. The number of rotatable bonds is 3. The Morgan fingerprint density at radius 1 is 1.25 bits per heavy atom. The van der Waals surface area contributed by atoms with Gasteiger partial charge in [-0.05, 0) is 47.0 Å². The molecule has 0 fully saturated rings. The summed E-state index contributed by atoms with van der Waals surface area (Å²) in [5.41, 5.74) is 5.28. The van der Waals surface area contributed by atoms with Crippen molar-refractivity contribution in [1.82, 2.24) is 14.6 Å². The molecule has 0 atom stereocenters. The van der Waals surface area contributed by atoms with Crippen molar-refractivity contribution in [2.75, 3.05) is 0 Å². The van der Waals surface area contributed by atoms with Gasteiger partial charge in [0.25, 0.3) is 5.56 Å². The number of benzene rings is 1. The Balaban J connectivity index is 1.90. The van der Waals surface area contributed by atoms with E-state index in [1.165, 1.54) is 4.52 Å². The van der Waals surface area contributed by atoms with E-state index in [1.807, 2.05) is 36.6 Å². The van der Waals surface area contributed by atoms with Crippen LogP contribution in [0.3, 0.4) is 0 Å². The number of aryl methyl sites for hydroxylation is 1. The second-order valence-electron chi connectivity index (χ2n) is 5.67. The van der Waals surface area contributed by atoms with E-state index in [0.29, 0.717) is 17.1 Å². The number of hydrogen-bond acceptors (Lipinski definition) is 3. The lowest BCUT2D eigenvalue weighted by molar-refractivity contribution is 0.866. The van der Waals surface area contributed by atoms with E-state index in [4.69, 9.17) is 16.6 Å². The Labute approximate surface area is 147 Å². The molecule has 6 heteroatoms. The molecule has 0 aliphatic carbocycles. The van der Waals surface area contributed by atoms with Gasteiger partial charge in [0.2, 0.25) is 0 Å². The third-order valence-electron chi connectivity index (χ3n) is 3.95.